The van der Waals surface area contributed by atoms with Gasteiger partial charge in [-0.2, -0.15) is 13.2 Å². The van der Waals surface area contributed by atoms with E-state index in [0.717, 1.165) is 63.7 Å². The molecule has 1 aliphatic heterocycles. The standard InChI is InChI=1S/C25H32F3N3O4S/c26-25(27,28)16-3-1-2-15(10-16)11-19(32)12-29-24(33)23-21-13-31(14-22(21)23)18-6-4-17(5-7-18)30-36(34,35)20-8-9-20/h1-3,10,17-18,20-23,30H,4-9,11-14H2,(H,29,33)/t17?,18?,21-,22+,23?. The van der Waals surface area contributed by atoms with Gasteiger partial charge in [-0.05, 0) is 62.0 Å². The first kappa shape index (κ1) is 25.7. The topological polar surface area (TPSA) is 95.6 Å². The van der Waals surface area contributed by atoms with Gasteiger partial charge in [0.2, 0.25) is 15.9 Å². The minimum Gasteiger partial charge on any atom is -0.349 e. The van der Waals surface area contributed by atoms with E-state index in [1.54, 1.807) is 0 Å². The molecule has 36 heavy (non-hydrogen) atoms. The first-order valence-electron chi connectivity index (χ1n) is 12.7. The van der Waals surface area contributed by atoms with Gasteiger partial charge in [-0.25, -0.2) is 13.1 Å². The monoisotopic (exact) mass is 527 g/mol. The van der Waals surface area contributed by atoms with E-state index >= 15 is 0 Å². The molecular formula is C25H32F3N3O4S. The van der Waals surface area contributed by atoms with E-state index in [1.807, 2.05) is 0 Å². The summed E-state index contributed by atoms with van der Waals surface area (Å²) >= 11 is 0. The zero-order valence-electron chi connectivity index (χ0n) is 20.0. The number of hydrogen-bond acceptors (Lipinski definition) is 5. The lowest BCUT2D eigenvalue weighted by atomic mass is 9.90. The molecule has 198 valence electrons. The van der Waals surface area contributed by atoms with Crippen LogP contribution in [0.3, 0.4) is 0 Å². The lowest BCUT2D eigenvalue weighted by Gasteiger charge is -2.36. The maximum atomic E-state index is 12.8. The first-order valence-corrected chi connectivity index (χ1v) is 14.3. The predicted molar refractivity (Wildman–Crippen MR) is 126 cm³/mol. The number of sulfonamides is 1. The molecule has 11 heteroatoms. The maximum Gasteiger partial charge on any atom is 0.416 e. The highest BCUT2D eigenvalue weighted by atomic mass is 32.2. The predicted octanol–water partition coefficient (Wildman–Crippen LogP) is 2.50. The van der Waals surface area contributed by atoms with Gasteiger partial charge in [0.1, 0.15) is 0 Å². The van der Waals surface area contributed by atoms with Crippen LogP contribution in [-0.2, 0) is 32.2 Å². The van der Waals surface area contributed by atoms with Gasteiger partial charge in [0.05, 0.1) is 17.4 Å². The highest BCUT2D eigenvalue weighted by molar-refractivity contribution is 7.90. The zero-order chi connectivity index (χ0) is 25.7. The molecule has 1 amide bonds. The smallest absolute Gasteiger partial charge is 0.349 e. The van der Waals surface area contributed by atoms with Crippen molar-refractivity contribution in [2.75, 3.05) is 19.6 Å². The molecule has 0 bridgehead atoms. The van der Waals surface area contributed by atoms with Crippen molar-refractivity contribution in [1.82, 2.24) is 14.9 Å². The van der Waals surface area contributed by atoms with Crippen molar-refractivity contribution in [1.29, 1.82) is 0 Å². The van der Waals surface area contributed by atoms with Crippen molar-refractivity contribution < 1.29 is 31.2 Å². The van der Waals surface area contributed by atoms with E-state index in [9.17, 15) is 31.2 Å². The molecule has 1 heterocycles. The third kappa shape index (κ3) is 5.78. The van der Waals surface area contributed by atoms with Crippen LogP contribution in [0.15, 0.2) is 24.3 Å². The molecule has 0 radical (unpaired) electrons. The second-order valence-electron chi connectivity index (χ2n) is 10.8. The van der Waals surface area contributed by atoms with Gasteiger partial charge in [0, 0.05) is 37.5 Å². The fraction of sp³-hybridized carbons (Fsp3) is 0.680. The molecule has 3 aliphatic carbocycles. The summed E-state index contributed by atoms with van der Waals surface area (Å²) in [5, 5.41) is 2.49. The third-order valence-corrected chi connectivity index (χ3v) is 10.2. The summed E-state index contributed by atoms with van der Waals surface area (Å²) in [5.74, 6) is -0.0435. The van der Waals surface area contributed by atoms with Crippen molar-refractivity contribution in [3.05, 3.63) is 35.4 Å². The zero-order valence-corrected chi connectivity index (χ0v) is 20.8. The van der Waals surface area contributed by atoms with Crippen molar-refractivity contribution in [3.8, 4) is 0 Å². The van der Waals surface area contributed by atoms with Crippen LogP contribution in [-0.4, -0.2) is 62.0 Å². The van der Waals surface area contributed by atoms with Crippen LogP contribution in [0.25, 0.3) is 0 Å². The van der Waals surface area contributed by atoms with Gasteiger partial charge in [-0.1, -0.05) is 18.2 Å². The Hall–Kier alpha value is -1.98. The number of carbonyl (C=O) groups excluding carboxylic acids is 2. The Labute approximate surface area is 209 Å². The van der Waals surface area contributed by atoms with Crippen LogP contribution >= 0.6 is 0 Å². The van der Waals surface area contributed by atoms with Gasteiger partial charge in [0.25, 0.3) is 0 Å². The van der Waals surface area contributed by atoms with E-state index < -0.39 is 21.8 Å². The molecule has 1 aromatic rings. The molecule has 7 nitrogen and oxygen atoms in total. The number of nitrogens with zero attached hydrogens (tertiary/aromatic N) is 1. The third-order valence-electron chi connectivity index (χ3n) is 8.15. The molecule has 0 aromatic heterocycles. The Morgan fingerprint density at radius 1 is 1.00 bits per heavy atom. The van der Waals surface area contributed by atoms with E-state index in [0.29, 0.717) is 6.04 Å². The minimum absolute atomic E-state index is 0.0241. The first-order chi connectivity index (χ1) is 17.0. The largest absolute Gasteiger partial charge is 0.416 e. The van der Waals surface area contributed by atoms with Crippen molar-refractivity contribution in [2.24, 2.45) is 17.8 Å². The molecule has 2 N–H and O–H groups in total. The molecule has 0 spiro atoms. The van der Waals surface area contributed by atoms with Crippen LogP contribution in [0.2, 0.25) is 0 Å². The van der Waals surface area contributed by atoms with Gasteiger partial charge in [0.15, 0.2) is 5.78 Å². The molecule has 1 aromatic carbocycles. The van der Waals surface area contributed by atoms with Gasteiger partial charge in [-0.15, -0.1) is 0 Å². The molecular weight excluding hydrogens is 495 g/mol. The van der Waals surface area contributed by atoms with Crippen LogP contribution in [0, 0.1) is 17.8 Å². The highest BCUT2D eigenvalue weighted by Crippen LogP contribution is 2.53. The Morgan fingerprint density at radius 3 is 2.28 bits per heavy atom. The Kier molecular flexibility index (Phi) is 6.93. The summed E-state index contributed by atoms with van der Waals surface area (Å²) < 4.78 is 65.7. The number of piperidine rings is 1. The van der Waals surface area contributed by atoms with Gasteiger partial charge >= 0.3 is 6.18 Å². The summed E-state index contributed by atoms with van der Waals surface area (Å²) in [7, 11) is -3.16. The van der Waals surface area contributed by atoms with E-state index in [-0.39, 0.29) is 59.3 Å². The Morgan fingerprint density at radius 2 is 1.67 bits per heavy atom. The highest BCUT2D eigenvalue weighted by Gasteiger charge is 2.60. The van der Waals surface area contributed by atoms with E-state index in [1.165, 1.54) is 12.1 Å². The van der Waals surface area contributed by atoms with Crippen LogP contribution in [0.1, 0.15) is 49.7 Å². The minimum atomic E-state index is -4.46. The number of alkyl halides is 3. The number of hydrogen-bond donors (Lipinski definition) is 2. The number of likely N-dealkylation sites (tertiary alicyclic amines) is 1. The van der Waals surface area contributed by atoms with Crippen molar-refractivity contribution in [2.45, 2.75) is 68.5 Å². The number of Topliss-reactive ketones (excluding diaryl/α,β-unsaturated/α-hetero) is 1. The summed E-state index contributed by atoms with van der Waals surface area (Å²) in [4.78, 5) is 27.2. The number of amides is 1. The Bertz CT molecular complexity index is 1100. The molecule has 5 rings (SSSR count). The fourth-order valence-corrected chi connectivity index (χ4v) is 7.61. The second kappa shape index (κ2) is 9.72. The number of nitrogens with one attached hydrogen (secondary N) is 2. The summed E-state index contributed by atoms with van der Waals surface area (Å²) in [5.41, 5.74) is -0.515. The van der Waals surface area contributed by atoms with Crippen molar-refractivity contribution >= 4 is 21.7 Å². The average Bonchev–Trinajstić information content (AvgIpc) is 3.74. The number of ketones is 1. The van der Waals surface area contributed by atoms with E-state index in [4.69, 9.17) is 0 Å². The number of rotatable bonds is 9. The van der Waals surface area contributed by atoms with Crippen LogP contribution < -0.4 is 10.0 Å². The molecule has 4 fully saturated rings. The van der Waals surface area contributed by atoms with Crippen molar-refractivity contribution in [3.63, 3.8) is 0 Å². The quantitative estimate of drug-likeness (QED) is 0.515. The number of benzene rings is 1. The fourth-order valence-electron chi connectivity index (χ4n) is 5.96. The molecule has 4 aliphatic rings. The van der Waals surface area contributed by atoms with Gasteiger partial charge in [-0.3, -0.25) is 14.5 Å². The number of halogens is 3. The Balaban J connectivity index is 1.01. The lowest BCUT2D eigenvalue weighted by Crippen LogP contribution is -2.45. The summed E-state index contributed by atoms with van der Waals surface area (Å²) in [6.07, 6.45) is 0.462. The normalized spacial score (nSPS) is 30.6. The maximum absolute atomic E-state index is 12.8. The number of fused-ring (bicyclic) bond motifs is 1. The van der Waals surface area contributed by atoms with Crippen LogP contribution in [0.5, 0.6) is 0 Å². The second-order valence-corrected chi connectivity index (χ2v) is 12.8. The summed E-state index contributed by atoms with van der Waals surface area (Å²) in [6.45, 7) is 1.49. The number of carbonyl (C=O) groups is 2. The molecule has 1 unspecified atom stereocenters. The molecule has 1 saturated heterocycles. The molecule has 3 saturated carbocycles. The lowest BCUT2D eigenvalue weighted by molar-refractivity contribution is -0.137. The average molecular weight is 528 g/mol. The molecule has 3 atom stereocenters. The SMILES string of the molecule is O=C(CNC(=O)C1[C@H]2CN(C3CCC(NS(=O)(=O)C4CC4)CC3)C[C@@H]12)Cc1cccc(C(F)(F)F)c1. The summed E-state index contributed by atoms with van der Waals surface area (Å²) in [6, 6.07) is 5.13. The van der Waals surface area contributed by atoms with E-state index in [2.05, 4.69) is 14.9 Å². The van der Waals surface area contributed by atoms with Crippen LogP contribution in [0.4, 0.5) is 13.2 Å². The van der Waals surface area contributed by atoms with Gasteiger partial charge < -0.3 is 5.32 Å².